The van der Waals surface area contributed by atoms with E-state index in [2.05, 4.69) is 13.8 Å². The normalized spacial score (nSPS) is 14.2. The fraction of sp³-hybridized carbons (Fsp3) is 0.600. The Morgan fingerprint density at radius 2 is 1.60 bits per heavy atom. The summed E-state index contributed by atoms with van der Waals surface area (Å²) in [5.74, 6) is 1.01. The molecule has 0 aliphatic heterocycles. The molecule has 0 heterocycles. The third-order valence-corrected chi connectivity index (χ3v) is 3.34. The van der Waals surface area contributed by atoms with Crippen molar-refractivity contribution in [3.8, 4) is 17.2 Å². The van der Waals surface area contributed by atoms with E-state index in [0.29, 0.717) is 17.9 Å². The van der Waals surface area contributed by atoms with Crippen LogP contribution >= 0.6 is 0 Å². The molecule has 0 saturated carbocycles. The summed E-state index contributed by atoms with van der Waals surface area (Å²) in [5.41, 5.74) is 6.75. The van der Waals surface area contributed by atoms with Gasteiger partial charge in [0.15, 0.2) is 11.5 Å². The average molecular weight is 283 g/mol. The van der Waals surface area contributed by atoms with Gasteiger partial charge in [0, 0.05) is 0 Å². The Labute approximate surface area is 120 Å². The van der Waals surface area contributed by atoms with Crippen LogP contribution in [0.2, 0.25) is 0 Å². The lowest BCUT2D eigenvalue weighted by atomic mass is 9.95. The Morgan fingerprint density at radius 3 is 2.00 bits per heavy atom. The molecule has 2 atom stereocenters. The Kier molecular flexibility index (Phi) is 6.10. The van der Waals surface area contributed by atoms with Gasteiger partial charge in [-0.2, -0.15) is 0 Å². The SMILES string of the molecule is COc1cc([C@@H](N)[C@@H](O)CCC(C)C)cc(OC)c1O. The van der Waals surface area contributed by atoms with Gasteiger partial charge in [0.2, 0.25) is 5.75 Å². The van der Waals surface area contributed by atoms with Gasteiger partial charge in [0.25, 0.3) is 0 Å². The van der Waals surface area contributed by atoms with Crippen LogP contribution in [0.15, 0.2) is 12.1 Å². The van der Waals surface area contributed by atoms with E-state index in [-0.39, 0.29) is 17.2 Å². The highest BCUT2D eigenvalue weighted by molar-refractivity contribution is 5.53. The van der Waals surface area contributed by atoms with Crippen LogP contribution in [-0.2, 0) is 0 Å². The largest absolute Gasteiger partial charge is 0.502 e. The number of aromatic hydroxyl groups is 1. The molecule has 0 radical (unpaired) electrons. The van der Waals surface area contributed by atoms with E-state index in [9.17, 15) is 10.2 Å². The fourth-order valence-corrected chi connectivity index (χ4v) is 2.01. The predicted octanol–water partition coefficient (Wildman–Crippen LogP) is 2.21. The van der Waals surface area contributed by atoms with Gasteiger partial charge in [-0.3, -0.25) is 0 Å². The molecule has 0 aliphatic carbocycles. The summed E-state index contributed by atoms with van der Waals surface area (Å²) in [4.78, 5) is 0. The number of methoxy groups -OCH3 is 2. The van der Waals surface area contributed by atoms with E-state index in [1.54, 1.807) is 12.1 Å². The molecule has 1 aromatic rings. The molecule has 0 bridgehead atoms. The molecular formula is C15H25NO4. The lowest BCUT2D eigenvalue weighted by molar-refractivity contribution is 0.128. The lowest BCUT2D eigenvalue weighted by Gasteiger charge is -2.21. The minimum atomic E-state index is -0.642. The summed E-state index contributed by atoms with van der Waals surface area (Å²) in [5, 5.41) is 20.0. The van der Waals surface area contributed by atoms with Crippen molar-refractivity contribution in [1.29, 1.82) is 0 Å². The molecule has 0 amide bonds. The van der Waals surface area contributed by atoms with E-state index in [1.165, 1.54) is 14.2 Å². The van der Waals surface area contributed by atoms with Crippen molar-refractivity contribution in [3.63, 3.8) is 0 Å². The average Bonchev–Trinajstić information content (AvgIpc) is 2.44. The number of phenols is 1. The third kappa shape index (κ3) is 4.02. The highest BCUT2D eigenvalue weighted by Gasteiger charge is 2.21. The van der Waals surface area contributed by atoms with E-state index in [1.807, 2.05) is 0 Å². The molecule has 20 heavy (non-hydrogen) atoms. The van der Waals surface area contributed by atoms with Crippen molar-refractivity contribution in [2.45, 2.75) is 38.8 Å². The number of benzene rings is 1. The van der Waals surface area contributed by atoms with Crippen LogP contribution in [-0.4, -0.2) is 30.5 Å². The molecule has 1 rings (SSSR count). The maximum Gasteiger partial charge on any atom is 0.200 e. The minimum absolute atomic E-state index is 0.0670. The summed E-state index contributed by atoms with van der Waals surface area (Å²) >= 11 is 0. The summed E-state index contributed by atoms with van der Waals surface area (Å²) in [6.45, 7) is 4.20. The van der Waals surface area contributed by atoms with Gasteiger partial charge in [0.1, 0.15) is 0 Å². The van der Waals surface area contributed by atoms with Crippen LogP contribution in [0.25, 0.3) is 0 Å². The number of aliphatic hydroxyl groups is 1. The fourth-order valence-electron chi connectivity index (χ4n) is 2.01. The highest BCUT2D eigenvalue weighted by Crippen LogP contribution is 2.39. The summed E-state index contributed by atoms with van der Waals surface area (Å²) in [6, 6.07) is 2.71. The number of hydrogen-bond donors (Lipinski definition) is 3. The van der Waals surface area contributed by atoms with Gasteiger partial charge in [-0.05, 0) is 36.5 Å². The quantitative estimate of drug-likeness (QED) is 0.714. The molecule has 0 spiro atoms. The standard InChI is InChI=1S/C15H25NO4/c1-9(2)5-6-11(17)14(16)10-7-12(19-3)15(18)13(8-10)20-4/h7-9,11,14,17-18H,5-6,16H2,1-4H3/t11-,14+/m0/s1. The molecule has 1 aromatic carbocycles. The summed E-state index contributed by atoms with van der Waals surface area (Å²) in [6.07, 6.45) is 0.891. The highest BCUT2D eigenvalue weighted by atomic mass is 16.5. The van der Waals surface area contributed by atoms with Crippen LogP contribution in [0, 0.1) is 5.92 Å². The number of ether oxygens (including phenoxy) is 2. The van der Waals surface area contributed by atoms with Gasteiger partial charge in [-0.15, -0.1) is 0 Å². The molecule has 5 heteroatoms. The number of hydrogen-bond acceptors (Lipinski definition) is 5. The first-order chi connectivity index (χ1) is 9.40. The molecule has 4 N–H and O–H groups in total. The Hall–Kier alpha value is -1.46. The van der Waals surface area contributed by atoms with Crippen molar-refractivity contribution in [3.05, 3.63) is 17.7 Å². The minimum Gasteiger partial charge on any atom is -0.502 e. The first-order valence-electron chi connectivity index (χ1n) is 6.79. The molecule has 0 aliphatic rings. The van der Waals surface area contributed by atoms with Gasteiger partial charge < -0.3 is 25.4 Å². The molecule has 114 valence electrons. The topological polar surface area (TPSA) is 84.9 Å². The zero-order valence-electron chi connectivity index (χ0n) is 12.6. The molecule has 0 unspecified atom stereocenters. The number of phenolic OH excluding ortho intramolecular Hbond substituents is 1. The van der Waals surface area contributed by atoms with Crippen LogP contribution in [0.3, 0.4) is 0 Å². The molecule has 0 saturated heterocycles. The van der Waals surface area contributed by atoms with Gasteiger partial charge in [-0.1, -0.05) is 13.8 Å². The second-order valence-corrected chi connectivity index (χ2v) is 5.34. The van der Waals surface area contributed by atoms with Gasteiger partial charge >= 0.3 is 0 Å². The van der Waals surface area contributed by atoms with Crippen LogP contribution in [0.5, 0.6) is 17.2 Å². The van der Waals surface area contributed by atoms with Crippen molar-refractivity contribution in [1.82, 2.24) is 0 Å². The van der Waals surface area contributed by atoms with Crippen LogP contribution in [0.1, 0.15) is 38.3 Å². The summed E-state index contributed by atoms with van der Waals surface area (Å²) in [7, 11) is 2.91. The van der Waals surface area contributed by atoms with Crippen molar-refractivity contribution in [2.24, 2.45) is 11.7 Å². The smallest absolute Gasteiger partial charge is 0.200 e. The predicted molar refractivity (Wildman–Crippen MR) is 78.2 cm³/mol. The maximum atomic E-state index is 10.1. The summed E-state index contributed by atoms with van der Waals surface area (Å²) < 4.78 is 10.2. The van der Waals surface area contributed by atoms with Gasteiger partial charge in [0.05, 0.1) is 26.4 Å². The van der Waals surface area contributed by atoms with Crippen molar-refractivity contribution in [2.75, 3.05) is 14.2 Å². The Bertz CT molecular complexity index is 409. The van der Waals surface area contributed by atoms with E-state index in [4.69, 9.17) is 15.2 Å². The Morgan fingerprint density at radius 1 is 1.10 bits per heavy atom. The molecule has 0 aromatic heterocycles. The third-order valence-electron chi connectivity index (χ3n) is 3.34. The molecular weight excluding hydrogens is 258 g/mol. The number of aliphatic hydroxyl groups excluding tert-OH is 1. The first-order valence-corrected chi connectivity index (χ1v) is 6.79. The Balaban J connectivity index is 2.94. The maximum absolute atomic E-state index is 10.1. The van der Waals surface area contributed by atoms with Crippen LogP contribution < -0.4 is 15.2 Å². The zero-order valence-corrected chi connectivity index (χ0v) is 12.6. The van der Waals surface area contributed by atoms with Crippen molar-refractivity contribution >= 4 is 0 Å². The zero-order chi connectivity index (χ0) is 15.3. The molecule has 5 nitrogen and oxygen atoms in total. The van der Waals surface area contributed by atoms with E-state index in [0.717, 1.165) is 6.42 Å². The molecule has 0 fully saturated rings. The second-order valence-electron chi connectivity index (χ2n) is 5.34. The number of nitrogens with two attached hydrogens (primary N) is 1. The second kappa shape index (κ2) is 7.36. The lowest BCUT2D eigenvalue weighted by Crippen LogP contribution is -2.26. The van der Waals surface area contributed by atoms with Gasteiger partial charge in [-0.25, -0.2) is 0 Å². The monoisotopic (exact) mass is 283 g/mol. The van der Waals surface area contributed by atoms with E-state index < -0.39 is 12.1 Å². The van der Waals surface area contributed by atoms with E-state index >= 15 is 0 Å². The number of rotatable bonds is 7. The van der Waals surface area contributed by atoms with Crippen LogP contribution in [0.4, 0.5) is 0 Å². The first kappa shape index (κ1) is 16.6. The van der Waals surface area contributed by atoms with Crippen molar-refractivity contribution < 1.29 is 19.7 Å².